The third-order valence-electron chi connectivity index (χ3n) is 2.88. The Morgan fingerprint density at radius 2 is 2.06 bits per heavy atom. The van der Waals surface area contributed by atoms with Crippen LogP contribution in [-0.2, 0) is 6.54 Å². The van der Waals surface area contributed by atoms with Gasteiger partial charge in [-0.2, -0.15) is 0 Å². The smallest absolute Gasteiger partial charge is 0.0451 e. The molecule has 0 aliphatic rings. The Labute approximate surface area is 103 Å². The van der Waals surface area contributed by atoms with Crippen molar-refractivity contribution in [2.45, 2.75) is 19.9 Å². The average molecular weight is 241 g/mol. The van der Waals surface area contributed by atoms with Gasteiger partial charge in [0.2, 0.25) is 0 Å². The van der Waals surface area contributed by atoms with Gasteiger partial charge in [-0.25, -0.2) is 0 Å². The number of nitrogens with two attached hydrogens (primary N) is 1. The minimum atomic E-state index is 0.576. The van der Waals surface area contributed by atoms with E-state index in [0.717, 1.165) is 31.1 Å². The van der Waals surface area contributed by atoms with Crippen LogP contribution in [0.4, 0.5) is 0 Å². The molecule has 0 aromatic heterocycles. The maximum absolute atomic E-state index is 6.12. The van der Waals surface area contributed by atoms with E-state index in [1.54, 1.807) is 0 Å². The van der Waals surface area contributed by atoms with E-state index < -0.39 is 0 Å². The molecule has 0 bridgehead atoms. The third kappa shape index (κ3) is 4.12. The Bertz CT molecular complexity index is 311. The van der Waals surface area contributed by atoms with Gasteiger partial charge in [-0.1, -0.05) is 43.1 Å². The highest BCUT2D eigenvalue weighted by molar-refractivity contribution is 6.31. The van der Waals surface area contributed by atoms with Gasteiger partial charge < -0.3 is 10.6 Å². The van der Waals surface area contributed by atoms with E-state index >= 15 is 0 Å². The average Bonchev–Trinajstić information content (AvgIpc) is 2.29. The van der Waals surface area contributed by atoms with Crippen molar-refractivity contribution in [1.82, 2.24) is 4.90 Å². The van der Waals surface area contributed by atoms with Gasteiger partial charge in [0.05, 0.1) is 0 Å². The van der Waals surface area contributed by atoms with Crippen molar-refractivity contribution in [3.05, 3.63) is 34.9 Å². The first-order chi connectivity index (χ1) is 7.67. The molecule has 1 aromatic carbocycles. The van der Waals surface area contributed by atoms with E-state index in [0.29, 0.717) is 5.92 Å². The summed E-state index contributed by atoms with van der Waals surface area (Å²) in [5.74, 6) is 0.576. The zero-order valence-corrected chi connectivity index (χ0v) is 10.9. The van der Waals surface area contributed by atoms with Crippen molar-refractivity contribution in [2.75, 3.05) is 20.1 Å². The van der Waals surface area contributed by atoms with E-state index in [-0.39, 0.29) is 0 Å². The lowest BCUT2D eigenvalue weighted by Gasteiger charge is -2.22. The maximum Gasteiger partial charge on any atom is 0.0451 e. The molecule has 3 heteroatoms. The summed E-state index contributed by atoms with van der Waals surface area (Å²) in [4.78, 5) is 2.28. The predicted molar refractivity (Wildman–Crippen MR) is 70.6 cm³/mol. The van der Waals surface area contributed by atoms with Crippen molar-refractivity contribution in [3.8, 4) is 0 Å². The fourth-order valence-corrected chi connectivity index (χ4v) is 1.99. The van der Waals surface area contributed by atoms with Crippen LogP contribution in [0.5, 0.6) is 0 Å². The highest BCUT2D eigenvalue weighted by Gasteiger charge is 2.09. The van der Waals surface area contributed by atoms with Crippen LogP contribution in [0.1, 0.15) is 18.9 Å². The predicted octanol–water partition coefficient (Wildman–Crippen LogP) is 2.76. The summed E-state index contributed by atoms with van der Waals surface area (Å²) in [6, 6.07) is 7.99. The van der Waals surface area contributed by atoms with Gasteiger partial charge in [-0.3, -0.25) is 0 Å². The number of rotatable bonds is 6. The molecular weight excluding hydrogens is 220 g/mol. The van der Waals surface area contributed by atoms with E-state index in [9.17, 15) is 0 Å². The molecule has 1 aromatic rings. The lowest BCUT2D eigenvalue weighted by Crippen LogP contribution is -2.29. The fraction of sp³-hybridized carbons (Fsp3) is 0.538. The molecule has 1 rings (SSSR count). The lowest BCUT2D eigenvalue weighted by molar-refractivity contribution is 0.268. The molecule has 1 unspecified atom stereocenters. The standard InChI is InChI=1S/C13H21ClN2/c1-3-11(8-15)9-16(2)10-12-6-4-5-7-13(12)14/h4-7,11H,3,8-10,15H2,1-2H3. The Hall–Kier alpha value is -0.570. The molecule has 0 aliphatic carbocycles. The number of hydrogen-bond acceptors (Lipinski definition) is 2. The van der Waals surface area contributed by atoms with Gasteiger partial charge in [0, 0.05) is 18.1 Å². The second kappa shape index (κ2) is 6.89. The second-order valence-electron chi connectivity index (χ2n) is 4.30. The highest BCUT2D eigenvalue weighted by atomic mass is 35.5. The number of halogens is 1. The maximum atomic E-state index is 6.12. The Morgan fingerprint density at radius 1 is 1.38 bits per heavy atom. The van der Waals surface area contributed by atoms with Gasteiger partial charge in [-0.15, -0.1) is 0 Å². The fourth-order valence-electron chi connectivity index (χ4n) is 1.79. The minimum absolute atomic E-state index is 0.576. The normalized spacial score (nSPS) is 13.1. The van der Waals surface area contributed by atoms with E-state index in [1.165, 1.54) is 5.56 Å². The zero-order chi connectivity index (χ0) is 12.0. The summed E-state index contributed by atoms with van der Waals surface area (Å²) >= 11 is 6.12. The van der Waals surface area contributed by atoms with Crippen LogP contribution in [0.25, 0.3) is 0 Å². The van der Waals surface area contributed by atoms with Gasteiger partial charge in [0.1, 0.15) is 0 Å². The molecular formula is C13H21ClN2. The molecule has 1 atom stereocenters. The van der Waals surface area contributed by atoms with Crippen LogP contribution < -0.4 is 5.73 Å². The van der Waals surface area contributed by atoms with Crippen LogP contribution in [0.3, 0.4) is 0 Å². The first-order valence-corrected chi connectivity index (χ1v) is 6.17. The van der Waals surface area contributed by atoms with Crippen LogP contribution in [0.2, 0.25) is 5.02 Å². The van der Waals surface area contributed by atoms with Crippen molar-refractivity contribution in [2.24, 2.45) is 11.7 Å². The van der Waals surface area contributed by atoms with E-state index in [4.69, 9.17) is 17.3 Å². The van der Waals surface area contributed by atoms with Crippen LogP contribution in [0.15, 0.2) is 24.3 Å². The summed E-state index contributed by atoms with van der Waals surface area (Å²) in [7, 11) is 2.11. The molecule has 2 nitrogen and oxygen atoms in total. The molecule has 0 amide bonds. The summed E-state index contributed by atoms with van der Waals surface area (Å²) < 4.78 is 0. The van der Waals surface area contributed by atoms with E-state index in [1.807, 2.05) is 18.2 Å². The molecule has 90 valence electrons. The van der Waals surface area contributed by atoms with Crippen LogP contribution in [0, 0.1) is 5.92 Å². The Morgan fingerprint density at radius 3 is 2.62 bits per heavy atom. The first-order valence-electron chi connectivity index (χ1n) is 5.79. The van der Waals surface area contributed by atoms with Crippen molar-refractivity contribution in [1.29, 1.82) is 0 Å². The largest absolute Gasteiger partial charge is 0.330 e. The summed E-state index contributed by atoms with van der Waals surface area (Å²) in [5, 5.41) is 0.843. The van der Waals surface area contributed by atoms with Crippen molar-refractivity contribution < 1.29 is 0 Å². The number of benzene rings is 1. The minimum Gasteiger partial charge on any atom is -0.330 e. The molecule has 2 N–H and O–H groups in total. The molecule has 0 saturated carbocycles. The van der Waals surface area contributed by atoms with Crippen LogP contribution in [-0.4, -0.2) is 25.0 Å². The van der Waals surface area contributed by atoms with Gasteiger partial charge in [0.25, 0.3) is 0 Å². The molecule has 0 heterocycles. The molecule has 0 fully saturated rings. The Kier molecular flexibility index (Phi) is 5.81. The van der Waals surface area contributed by atoms with E-state index in [2.05, 4.69) is 24.9 Å². The second-order valence-corrected chi connectivity index (χ2v) is 4.71. The molecule has 16 heavy (non-hydrogen) atoms. The Balaban J connectivity index is 2.51. The van der Waals surface area contributed by atoms with Gasteiger partial charge in [0.15, 0.2) is 0 Å². The molecule has 0 aliphatic heterocycles. The summed E-state index contributed by atoms with van der Waals surface area (Å²) in [5.41, 5.74) is 6.88. The van der Waals surface area contributed by atoms with Crippen molar-refractivity contribution >= 4 is 11.6 Å². The van der Waals surface area contributed by atoms with Crippen molar-refractivity contribution in [3.63, 3.8) is 0 Å². The third-order valence-corrected chi connectivity index (χ3v) is 3.25. The number of nitrogens with zero attached hydrogens (tertiary/aromatic N) is 1. The zero-order valence-electron chi connectivity index (χ0n) is 10.1. The number of hydrogen-bond donors (Lipinski definition) is 1. The van der Waals surface area contributed by atoms with Crippen LogP contribution >= 0.6 is 11.6 Å². The highest BCUT2D eigenvalue weighted by Crippen LogP contribution is 2.17. The first kappa shape index (κ1) is 13.5. The SMILES string of the molecule is CCC(CN)CN(C)Cc1ccccc1Cl. The summed E-state index contributed by atoms with van der Waals surface area (Å²) in [6.45, 7) is 4.85. The lowest BCUT2D eigenvalue weighted by atomic mass is 10.1. The molecule has 0 saturated heterocycles. The molecule has 0 spiro atoms. The monoisotopic (exact) mass is 240 g/mol. The van der Waals surface area contributed by atoms with Gasteiger partial charge in [-0.05, 0) is 31.1 Å². The summed E-state index contributed by atoms with van der Waals surface area (Å²) in [6.07, 6.45) is 1.13. The van der Waals surface area contributed by atoms with Gasteiger partial charge >= 0.3 is 0 Å². The topological polar surface area (TPSA) is 29.3 Å². The molecule has 0 radical (unpaired) electrons. The quantitative estimate of drug-likeness (QED) is 0.829.